The monoisotopic (exact) mass is 448 g/mol. The summed E-state index contributed by atoms with van der Waals surface area (Å²) in [5.74, 6) is -0.259. The van der Waals surface area contributed by atoms with Crippen molar-refractivity contribution < 1.29 is 14.7 Å². The first-order chi connectivity index (χ1) is 15.6. The largest absolute Gasteiger partial charge is 0.394 e. The molecule has 2 aromatic carbocycles. The van der Waals surface area contributed by atoms with Crippen molar-refractivity contribution in [3.8, 4) is 0 Å². The highest BCUT2D eigenvalue weighted by Gasteiger charge is 2.55. The summed E-state index contributed by atoms with van der Waals surface area (Å²) in [4.78, 5) is 33.8. The standard InChI is InChI=1S/C24H21ClN4O3/c25-17-8-2-3-9-18(17)27-24(32)28-13-20-22(16-7-1-4-10-19(16)28)21(14-30)29(20)23(31)15-6-5-11-26-12-15/h1-12,20-22,30H,13-14H2,(H,27,32)/t20-,21+,22+/m1/s1. The number of pyridine rings is 1. The summed E-state index contributed by atoms with van der Waals surface area (Å²) in [6.07, 6.45) is 3.12. The SMILES string of the molecule is O=C(Nc1ccccc1Cl)N1C[C@@H]2[C@H](c3ccccc31)[C@H](CO)N2C(=O)c1cccnc1. The van der Waals surface area contributed by atoms with Gasteiger partial charge in [-0.05, 0) is 35.9 Å². The van der Waals surface area contributed by atoms with Crippen LogP contribution in [0, 0.1) is 0 Å². The summed E-state index contributed by atoms with van der Waals surface area (Å²) >= 11 is 6.22. The van der Waals surface area contributed by atoms with Gasteiger partial charge in [-0.1, -0.05) is 41.9 Å². The summed E-state index contributed by atoms with van der Waals surface area (Å²) in [6, 6.07) is 17.1. The van der Waals surface area contributed by atoms with E-state index in [-0.39, 0.29) is 36.5 Å². The van der Waals surface area contributed by atoms with Crippen molar-refractivity contribution in [1.29, 1.82) is 0 Å². The average Bonchev–Trinajstić information content (AvgIpc) is 2.81. The van der Waals surface area contributed by atoms with Gasteiger partial charge in [0.2, 0.25) is 0 Å². The fourth-order valence-corrected chi connectivity index (χ4v) is 4.93. The number of halogens is 1. The molecule has 0 saturated carbocycles. The van der Waals surface area contributed by atoms with Gasteiger partial charge in [0.1, 0.15) is 0 Å². The number of likely N-dealkylation sites (tertiary alicyclic amines) is 1. The number of anilines is 2. The van der Waals surface area contributed by atoms with Gasteiger partial charge in [-0.15, -0.1) is 0 Å². The number of aliphatic hydroxyl groups excluding tert-OH is 1. The van der Waals surface area contributed by atoms with E-state index in [1.165, 1.54) is 6.20 Å². The quantitative estimate of drug-likeness (QED) is 0.639. The van der Waals surface area contributed by atoms with Crippen LogP contribution in [-0.2, 0) is 0 Å². The zero-order valence-electron chi connectivity index (χ0n) is 17.1. The molecule has 7 nitrogen and oxygen atoms in total. The van der Waals surface area contributed by atoms with Gasteiger partial charge in [0.15, 0.2) is 0 Å². The minimum absolute atomic E-state index is 0.0545. The van der Waals surface area contributed by atoms with E-state index in [4.69, 9.17) is 11.6 Å². The van der Waals surface area contributed by atoms with Crippen molar-refractivity contribution in [2.75, 3.05) is 23.4 Å². The number of aromatic nitrogens is 1. The van der Waals surface area contributed by atoms with Crippen LogP contribution in [0.2, 0.25) is 5.02 Å². The van der Waals surface area contributed by atoms with Gasteiger partial charge in [0.05, 0.1) is 35.0 Å². The van der Waals surface area contributed by atoms with Crippen LogP contribution >= 0.6 is 11.6 Å². The third-order valence-electron chi connectivity index (χ3n) is 6.19. The average molecular weight is 449 g/mol. The molecule has 162 valence electrons. The molecule has 2 aliphatic heterocycles. The smallest absolute Gasteiger partial charge is 0.326 e. The van der Waals surface area contributed by atoms with Crippen LogP contribution in [0.3, 0.4) is 0 Å². The first-order valence-electron chi connectivity index (χ1n) is 10.4. The van der Waals surface area contributed by atoms with E-state index in [1.807, 2.05) is 24.3 Å². The maximum absolute atomic E-state index is 13.2. The van der Waals surface area contributed by atoms with Crippen LogP contribution in [0.5, 0.6) is 0 Å². The van der Waals surface area contributed by atoms with Crippen LogP contribution in [0.1, 0.15) is 21.8 Å². The lowest BCUT2D eigenvalue weighted by atomic mass is 9.71. The molecular weight excluding hydrogens is 428 g/mol. The zero-order valence-corrected chi connectivity index (χ0v) is 17.8. The third-order valence-corrected chi connectivity index (χ3v) is 6.52. The van der Waals surface area contributed by atoms with E-state index in [0.717, 1.165) is 11.3 Å². The van der Waals surface area contributed by atoms with Crippen molar-refractivity contribution in [1.82, 2.24) is 9.88 Å². The Balaban J connectivity index is 1.48. The Morgan fingerprint density at radius 1 is 1.09 bits per heavy atom. The Hall–Kier alpha value is -3.42. The summed E-state index contributed by atoms with van der Waals surface area (Å²) in [5.41, 5.74) is 2.68. The number of para-hydroxylation sites is 2. The molecule has 3 heterocycles. The second-order valence-electron chi connectivity index (χ2n) is 7.88. The predicted molar refractivity (Wildman–Crippen MR) is 122 cm³/mol. The Kier molecular flexibility index (Phi) is 5.28. The van der Waals surface area contributed by atoms with E-state index in [9.17, 15) is 14.7 Å². The van der Waals surface area contributed by atoms with E-state index in [0.29, 0.717) is 22.8 Å². The number of hydrogen-bond donors (Lipinski definition) is 2. The summed E-state index contributed by atoms with van der Waals surface area (Å²) in [6.45, 7) is 0.147. The van der Waals surface area contributed by atoms with Crippen molar-refractivity contribution in [3.05, 3.63) is 89.2 Å². The lowest BCUT2D eigenvalue weighted by molar-refractivity contribution is -0.0241. The van der Waals surface area contributed by atoms with Crippen LogP contribution < -0.4 is 10.2 Å². The van der Waals surface area contributed by atoms with Gasteiger partial charge in [0, 0.05) is 30.5 Å². The van der Waals surface area contributed by atoms with E-state index in [2.05, 4.69) is 10.3 Å². The van der Waals surface area contributed by atoms with Gasteiger partial charge >= 0.3 is 6.03 Å². The molecule has 0 spiro atoms. The van der Waals surface area contributed by atoms with Gasteiger partial charge in [-0.25, -0.2) is 4.79 Å². The maximum Gasteiger partial charge on any atom is 0.326 e. The Morgan fingerprint density at radius 2 is 1.88 bits per heavy atom. The number of benzene rings is 2. The van der Waals surface area contributed by atoms with Gasteiger partial charge in [-0.2, -0.15) is 0 Å². The van der Waals surface area contributed by atoms with Crippen LogP contribution in [0.4, 0.5) is 16.2 Å². The molecule has 0 unspecified atom stereocenters. The fraction of sp³-hybridized carbons (Fsp3) is 0.208. The number of hydrogen-bond acceptors (Lipinski definition) is 4. The van der Waals surface area contributed by atoms with Crippen LogP contribution in [0.25, 0.3) is 0 Å². The third kappa shape index (κ3) is 3.30. The number of amides is 3. The number of urea groups is 1. The van der Waals surface area contributed by atoms with E-state index < -0.39 is 0 Å². The molecule has 3 aromatic rings. The van der Waals surface area contributed by atoms with Crippen LogP contribution in [-0.4, -0.2) is 52.2 Å². The first-order valence-corrected chi connectivity index (χ1v) is 10.7. The number of fused-ring (bicyclic) bond motifs is 3. The highest BCUT2D eigenvalue weighted by Crippen LogP contribution is 2.48. The topological polar surface area (TPSA) is 85.8 Å². The predicted octanol–water partition coefficient (Wildman–Crippen LogP) is 3.76. The zero-order chi connectivity index (χ0) is 22.2. The Labute approximate surface area is 190 Å². The minimum Gasteiger partial charge on any atom is -0.394 e. The molecule has 1 fully saturated rings. The Bertz CT molecular complexity index is 1170. The number of nitrogens with one attached hydrogen (secondary N) is 1. The molecule has 1 saturated heterocycles. The molecule has 0 aliphatic carbocycles. The van der Waals surface area contributed by atoms with Crippen molar-refractivity contribution in [2.45, 2.75) is 18.0 Å². The molecular formula is C24H21ClN4O3. The van der Waals surface area contributed by atoms with Crippen molar-refractivity contribution >= 4 is 34.9 Å². The summed E-state index contributed by atoms with van der Waals surface area (Å²) < 4.78 is 0. The number of carbonyl (C=O) groups is 2. The van der Waals surface area contributed by atoms with Gasteiger partial charge < -0.3 is 15.3 Å². The summed E-state index contributed by atoms with van der Waals surface area (Å²) in [5, 5.41) is 13.4. The molecule has 3 amide bonds. The molecule has 0 radical (unpaired) electrons. The highest BCUT2D eigenvalue weighted by molar-refractivity contribution is 6.33. The van der Waals surface area contributed by atoms with E-state index >= 15 is 0 Å². The van der Waals surface area contributed by atoms with Crippen molar-refractivity contribution in [2.24, 2.45) is 0 Å². The van der Waals surface area contributed by atoms with Gasteiger partial charge in [-0.3, -0.25) is 14.7 Å². The molecule has 2 N–H and O–H groups in total. The van der Waals surface area contributed by atoms with E-state index in [1.54, 1.807) is 52.4 Å². The summed E-state index contributed by atoms with van der Waals surface area (Å²) in [7, 11) is 0. The first kappa shape index (κ1) is 20.5. The number of rotatable bonds is 3. The molecule has 2 aliphatic rings. The number of aliphatic hydroxyl groups is 1. The van der Waals surface area contributed by atoms with Crippen molar-refractivity contribution in [3.63, 3.8) is 0 Å². The molecule has 5 rings (SSSR count). The lowest BCUT2D eigenvalue weighted by Crippen LogP contribution is -2.71. The normalized spacial score (nSPS) is 21.2. The van der Waals surface area contributed by atoms with Gasteiger partial charge in [0.25, 0.3) is 5.91 Å². The highest BCUT2D eigenvalue weighted by atomic mass is 35.5. The molecule has 32 heavy (non-hydrogen) atoms. The number of carbonyl (C=O) groups excluding carboxylic acids is 2. The lowest BCUT2D eigenvalue weighted by Gasteiger charge is -2.58. The Morgan fingerprint density at radius 3 is 2.62 bits per heavy atom. The molecule has 8 heteroatoms. The maximum atomic E-state index is 13.2. The number of nitrogens with zero attached hydrogens (tertiary/aromatic N) is 3. The second-order valence-corrected chi connectivity index (χ2v) is 8.28. The molecule has 1 aromatic heterocycles. The minimum atomic E-state index is -0.359. The molecule has 0 bridgehead atoms. The molecule has 3 atom stereocenters. The second kappa shape index (κ2) is 8.26. The van der Waals surface area contributed by atoms with Crippen LogP contribution in [0.15, 0.2) is 73.1 Å². The fourth-order valence-electron chi connectivity index (χ4n) is 4.74.